The number of carbonyl (C=O) groups excluding carboxylic acids is 2. The Bertz CT molecular complexity index is 1110. The molecule has 0 saturated carbocycles. The number of phenols is 1. The lowest BCUT2D eigenvalue weighted by molar-refractivity contribution is -0.125. The molecule has 0 spiro atoms. The van der Waals surface area contributed by atoms with E-state index in [0.717, 1.165) is 16.7 Å². The third-order valence-electron chi connectivity index (χ3n) is 6.16. The second kappa shape index (κ2) is 11.5. The van der Waals surface area contributed by atoms with Gasteiger partial charge < -0.3 is 37.2 Å². The van der Waals surface area contributed by atoms with Crippen molar-refractivity contribution in [3.05, 3.63) is 64.8 Å². The molecule has 35 heavy (non-hydrogen) atoms. The smallest absolute Gasteiger partial charge is 0.243 e. The van der Waals surface area contributed by atoms with E-state index in [1.165, 1.54) is 0 Å². The standard InChI is InChI=1S/C25H32ClN5O4/c1-14-11-29-24(34)21(28)9-18-8-16(4-6-23(18)33)15-3-5-20(26)17(7-15)10-22(31(14)2)25(35)30-12-19(27)13-32/h3-8,19,21-22,32-33H,1,9-13,27-28H2,2H3,(H,29,34)(H,30,35). The van der Waals surface area contributed by atoms with E-state index in [0.29, 0.717) is 16.3 Å². The van der Waals surface area contributed by atoms with Gasteiger partial charge in [-0.15, -0.1) is 0 Å². The third-order valence-corrected chi connectivity index (χ3v) is 6.53. The number of phenolic OH excluding ortho intramolecular Hbond substituents is 1. The van der Waals surface area contributed by atoms with Crippen molar-refractivity contribution in [2.45, 2.75) is 31.0 Å². The molecule has 188 valence electrons. The Balaban J connectivity index is 2.05. The van der Waals surface area contributed by atoms with Gasteiger partial charge in [0.1, 0.15) is 11.8 Å². The number of nitrogens with two attached hydrogens (primary N) is 2. The van der Waals surface area contributed by atoms with Crippen molar-refractivity contribution < 1.29 is 19.8 Å². The fraction of sp³-hybridized carbons (Fsp3) is 0.360. The first kappa shape index (κ1) is 26.5. The average molecular weight is 502 g/mol. The van der Waals surface area contributed by atoms with Crippen LogP contribution in [-0.4, -0.2) is 71.8 Å². The number of rotatable bonds is 4. The van der Waals surface area contributed by atoms with Crippen LogP contribution in [0.3, 0.4) is 0 Å². The minimum Gasteiger partial charge on any atom is -0.508 e. The molecule has 3 atom stereocenters. The van der Waals surface area contributed by atoms with Gasteiger partial charge in [-0.3, -0.25) is 9.59 Å². The quantitative estimate of drug-likeness (QED) is 0.356. The molecule has 10 heteroatoms. The predicted octanol–water partition coefficient (Wildman–Crippen LogP) is 0.505. The SMILES string of the molecule is C=C1CNC(=O)C(N)Cc2cc(ccc2O)-c2ccc(Cl)c(c2)CC(C(=O)NCC(N)CO)N1C. The number of nitrogens with one attached hydrogen (secondary N) is 2. The summed E-state index contributed by atoms with van der Waals surface area (Å²) in [6.45, 7) is 3.94. The van der Waals surface area contributed by atoms with Crippen molar-refractivity contribution in [1.29, 1.82) is 0 Å². The highest BCUT2D eigenvalue weighted by molar-refractivity contribution is 6.31. The molecule has 0 saturated heterocycles. The van der Waals surface area contributed by atoms with Gasteiger partial charge in [0.05, 0.1) is 19.2 Å². The number of hydrogen-bond donors (Lipinski definition) is 6. The maximum absolute atomic E-state index is 13.2. The Morgan fingerprint density at radius 3 is 2.60 bits per heavy atom. The number of carbonyl (C=O) groups is 2. The summed E-state index contributed by atoms with van der Waals surface area (Å²) in [5, 5.41) is 25.5. The van der Waals surface area contributed by atoms with Crippen LogP contribution in [0.25, 0.3) is 11.1 Å². The molecule has 2 aromatic carbocycles. The largest absolute Gasteiger partial charge is 0.508 e. The number of aliphatic hydroxyl groups excluding tert-OH is 1. The fourth-order valence-corrected chi connectivity index (χ4v) is 4.06. The number of hydrogen-bond acceptors (Lipinski definition) is 7. The molecule has 3 rings (SSSR count). The summed E-state index contributed by atoms with van der Waals surface area (Å²) in [5.74, 6) is -0.673. The van der Waals surface area contributed by atoms with Crippen LogP contribution in [0.2, 0.25) is 5.02 Å². The van der Waals surface area contributed by atoms with Crippen LogP contribution in [-0.2, 0) is 22.4 Å². The highest BCUT2D eigenvalue weighted by Gasteiger charge is 2.27. The molecular formula is C25H32ClN5O4. The number of amides is 2. The van der Waals surface area contributed by atoms with E-state index in [-0.39, 0.29) is 44.2 Å². The van der Waals surface area contributed by atoms with Crippen molar-refractivity contribution in [3.8, 4) is 16.9 Å². The fourth-order valence-electron chi connectivity index (χ4n) is 3.86. The van der Waals surface area contributed by atoms with Crippen molar-refractivity contribution in [3.63, 3.8) is 0 Å². The van der Waals surface area contributed by atoms with Gasteiger partial charge in [0.25, 0.3) is 0 Å². The van der Waals surface area contributed by atoms with Crippen LogP contribution in [0.1, 0.15) is 11.1 Å². The van der Waals surface area contributed by atoms with Crippen LogP contribution >= 0.6 is 11.6 Å². The second-order valence-electron chi connectivity index (χ2n) is 8.76. The molecule has 8 N–H and O–H groups in total. The molecule has 2 amide bonds. The summed E-state index contributed by atoms with van der Waals surface area (Å²) in [4.78, 5) is 27.5. The zero-order chi connectivity index (χ0) is 25.7. The monoisotopic (exact) mass is 501 g/mol. The van der Waals surface area contributed by atoms with Crippen LogP contribution < -0.4 is 22.1 Å². The number of likely N-dealkylation sites (N-methyl/N-ethyl adjacent to an activating group) is 1. The van der Waals surface area contributed by atoms with E-state index in [4.69, 9.17) is 23.1 Å². The first-order valence-electron chi connectivity index (χ1n) is 11.3. The van der Waals surface area contributed by atoms with Gasteiger partial charge in [0.2, 0.25) is 11.8 Å². The van der Waals surface area contributed by atoms with E-state index in [1.54, 1.807) is 36.2 Å². The van der Waals surface area contributed by atoms with Crippen LogP contribution in [0.4, 0.5) is 0 Å². The maximum Gasteiger partial charge on any atom is 0.243 e. The lowest BCUT2D eigenvalue weighted by Gasteiger charge is -2.31. The Hall–Kier alpha value is -3.11. The molecule has 3 unspecified atom stereocenters. The molecule has 0 radical (unpaired) electrons. The Labute approximate surface area is 209 Å². The van der Waals surface area contributed by atoms with E-state index >= 15 is 0 Å². The Morgan fingerprint density at radius 2 is 1.91 bits per heavy atom. The highest BCUT2D eigenvalue weighted by atomic mass is 35.5. The van der Waals surface area contributed by atoms with Gasteiger partial charge in [-0.2, -0.15) is 0 Å². The lowest BCUT2D eigenvalue weighted by atomic mass is 9.95. The summed E-state index contributed by atoms with van der Waals surface area (Å²) in [6.07, 6.45) is 0.394. The number of aliphatic hydroxyl groups is 1. The van der Waals surface area contributed by atoms with Crippen molar-refractivity contribution in [2.24, 2.45) is 11.5 Å². The van der Waals surface area contributed by atoms with Crippen molar-refractivity contribution >= 4 is 23.4 Å². The van der Waals surface area contributed by atoms with Gasteiger partial charge in [0.15, 0.2) is 0 Å². The summed E-state index contributed by atoms with van der Waals surface area (Å²) < 4.78 is 0. The van der Waals surface area contributed by atoms with Gasteiger partial charge in [0, 0.05) is 43.2 Å². The number of benzene rings is 2. The minimum absolute atomic E-state index is 0.0532. The Morgan fingerprint density at radius 1 is 1.26 bits per heavy atom. The van der Waals surface area contributed by atoms with Crippen LogP contribution in [0.5, 0.6) is 5.75 Å². The van der Waals surface area contributed by atoms with Crippen molar-refractivity contribution in [1.82, 2.24) is 15.5 Å². The molecule has 4 bridgehead atoms. The topological polar surface area (TPSA) is 154 Å². The minimum atomic E-state index is -0.890. The van der Waals surface area contributed by atoms with Crippen molar-refractivity contribution in [2.75, 3.05) is 26.7 Å². The molecule has 1 aliphatic heterocycles. The van der Waals surface area contributed by atoms with E-state index in [2.05, 4.69) is 17.2 Å². The van der Waals surface area contributed by atoms with Gasteiger partial charge in [-0.1, -0.05) is 30.3 Å². The van der Waals surface area contributed by atoms with Crippen LogP contribution in [0, 0.1) is 0 Å². The number of halogens is 1. The number of fused-ring (bicyclic) bond motifs is 5. The zero-order valence-electron chi connectivity index (χ0n) is 19.6. The molecule has 0 aliphatic carbocycles. The highest BCUT2D eigenvalue weighted by Crippen LogP contribution is 2.30. The first-order valence-corrected chi connectivity index (χ1v) is 11.7. The van der Waals surface area contributed by atoms with E-state index in [1.807, 2.05) is 12.1 Å². The van der Waals surface area contributed by atoms with E-state index < -0.39 is 24.0 Å². The average Bonchev–Trinajstić information content (AvgIpc) is 2.85. The summed E-state index contributed by atoms with van der Waals surface area (Å²) in [6, 6.07) is 8.45. The van der Waals surface area contributed by atoms with Crippen LogP contribution in [0.15, 0.2) is 48.7 Å². The molecule has 9 nitrogen and oxygen atoms in total. The Kier molecular flexibility index (Phi) is 8.74. The maximum atomic E-state index is 13.2. The number of aromatic hydroxyl groups is 1. The normalized spacial score (nSPS) is 19.9. The molecular weight excluding hydrogens is 470 g/mol. The third kappa shape index (κ3) is 6.52. The summed E-state index contributed by atoms with van der Waals surface area (Å²) in [7, 11) is 1.71. The molecule has 0 aromatic heterocycles. The molecule has 0 fully saturated rings. The molecule has 2 aromatic rings. The van der Waals surface area contributed by atoms with E-state index in [9.17, 15) is 19.8 Å². The summed E-state index contributed by atoms with van der Waals surface area (Å²) in [5.41, 5.74) is 15.3. The first-order chi connectivity index (χ1) is 16.6. The number of nitrogens with zero attached hydrogens (tertiary/aromatic N) is 1. The summed E-state index contributed by atoms with van der Waals surface area (Å²) >= 11 is 6.52. The zero-order valence-corrected chi connectivity index (χ0v) is 20.4. The molecule has 1 aliphatic rings. The van der Waals surface area contributed by atoms with Gasteiger partial charge >= 0.3 is 0 Å². The predicted molar refractivity (Wildman–Crippen MR) is 136 cm³/mol. The molecule has 1 heterocycles. The lowest BCUT2D eigenvalue weighted by Crippen LogP contribution is -2.51. The van der Waals surface area contributed by atoms with Gasteiger partial charge in [-0.25, -0.2) is 0 Å². The van der Waals surface area contributed by atoms with Gasteiger partial charge in [-0.05, 0) is 46.5 Å². The second-order valence-corrected chi connectivity index (χ2v) is 9.17.